The highest BCUT2D eigenvalue weighted by Gasteiger charge is 2.35. The van der Waals surface area contributed by atoms with Gasteiger partial charge in [-0.05, 0) is 42.0 Å². The van der Waals surface area contributed by atoms with Gasteiger partial charge in [-0.3, -0.25) is 9.80 Å². The van der Waals surface area contributed by atoms with Gasteiger partial charge in [-0.2, -0.15) is 0 Å². The zero-order valence-electron chi connectivity index (χ0n) is 15.3. The van der Waals surface area contributed by atoms with E-state index in [-0.39, 0.29) is 12.1 Å². The first-order valence-corrected chi connectivity index (χ1v) is 9.80. The lowest BCUT2D eigenvalue weighted by Crippen LogP contribution is -2.48. The number of aliphatic hydroxyl groups excluding tert-OH is 1. The lowest BCUT2D eigenvalue weighted by Gasteiger charge is -2.33. The van der Waals surface area contributed by atoms with Gasteiger partial charge in [0.15, 0.2) is 0 Å². The van der Waals surface area contributed by atoms with E-state index < -0.39 is 0 Å². The summed E-state index contributed by atoms with van der Waals surface area (Å²) in [7, 11) is 0. The number of nitrogens with zero attached hydrogens (tertiary/aromatic N) is 2. The minimum Gasteiger partial charge on any atom is -0.457 e. The molecular formula is C21H25ClN2O3. The van der Waals surface area contributed by atoms with Crippen LogP contribution in [-0.2, 0) is 11.3 Å². The van der Waals surface area contributed by atoms with E-state index in [0.717, 1.165) is 50.9 Å². The molecule has 0 bridgehead atoms. The quantitative estimate of drug-likeness (QED) is 0.853. The molecular weight excluding hydrogens is 364 g/mol. The van der Waals surface area contributed by atoms with Crippen molar-refractivity contribution in [2.45, 2.75) is 18.7 Å². The Morgan fingerprint density at radius 1 is 1.04 bits per heavy atom. The molecule has 0 spiro atoms. The fraction of sp³-hybridized carbons (Fsp3) is 0.429. The van der Waals surface area contributed by atoms with Crippen LogP contribution in [0.2, 0.25) is 5.02 Å². The highest BCUT2D eigenvalue weighted by atomic mass is 35.5. The van der Waals surface area contributed by atoms with E-state index >= 15 is 0 Å². The van der Waals surface area contributed by atoms with Gasteiger partial charge in [-0.1, -0.05) is 23.7 Å². The zero-order valence-corrected chi connectivity index (χ0v) is 16.0. The van der Waals surface area contributed by atoms with Crippen molar-refractivity contribution in [2.24, 2.45) is 0 Å². The van der Waals surface area contributed by atoms with Crippen LogP contribution in [-0.4, -0.2) is 66.4 Å². The summed E-state index contributed by atoms with van der Waals surface area (Å²) in [6.45, 7) is 5.70. The van der Waals surface area contributed by atoms with Crippen LogP contribution >= 0.6 is 11.6 Å². The highest BCUT2D eigenvalue weighted by molar-refractivity contribution is 6.30. The molecule has 2 atom stereocenters. The predicted molar refractivity (Wildman–Crippen MR) is 105 cm³/mol. The van der Waals surface area contributed by atoms with Crippen molar-refractivity contribution in [1.29, 1.82) is 0 Å². The van der Waals surface area contributed by atoms with Gasteiger partial charge in [-0.15, -0.1) is 0 Å². The van der Waals surface area contributed by atoms with E-state index in [2.05, 4.69) is 21.9 Å². The van der Waals surface area contributed by atoms with Gasteiger partial charge >= 0.3 is 0 Å². The van der Waals surface area contributed by atoms with Crippen LogP contribution in [0.4, 0.5) is 0 Å². The van der Waals surface area contributed by atoms with Crippen molar-refractivity contribution in [3.63, 3.8) is 0 Å². The maximum absolute atomic E-state index is 10.5. The number of morpholine rings is 1. The number of β-amino-alcohol motifs (C(OH)–C–C–N with tert-alkyl or cyclic N) is 1. The fourth-order valence-electron chi connectivity index (χ4n) is 3.85. The smallest absolute Gasteiger partial charge is 0.127 e. The van der Waals surface area contributed by atoms with Crippen molar-refractivity contribution in [1.82, 2.24) is 9.80 Å². The Bertz CT molecular complexity index is 749. The molecule has 2 aliphatic rings. The molecule has 144 valence electrons. The van der Waals surface area contributed by atoms with Gasteiger partial charge in [0.1, 0.15) is 11.5 Å². The van der Waals surface area contributed by atoms with E-state index in [0.29, 0.717) is 11.6 Å². The Kier molecular flexibility index (Phi) is 5.95. The molecule has 0 radical (unpaired) electrons. The number of benzene rings is 2. The van der Waals surface area contributed by atoms with E-state index in [4.69, 9.17) is 21.1 Å². The minimum absolute atomic E-state index is 0.197. The summed E-state index contributed by atoms with van der Waals surface area (Å²) in [5.41, 5.74) is 1.18. The standard InChI is InChI=1S/C21H25ClN2O3/c22-17-4-6-18(7-5-17)27-19-3-1-2-16(12-19)13-23-14-20(21(25)15-23)24-8-10-26-11-9-24/h1-7,12,20-21,25H,8-11,13-15H2/t20-,21-/m0/s1. The average molecular weight is 389 g/mol. The minimum atomic E-state index is -0.309. The third-order valence-corrected chi connectivity index (χ3v) is 5.46. The number of likely N-dealkylation sites (tertiary alicyclic amines) is 1. The average Bonchev–Trinajstić information content (AvgIpc) is 3.05. The molecule has 0 saturated carbocycles. The Labute approximate surface area is 165 Å². The second-order valence-corrected chi connectivity index (χ2v) is 7.62. The van der Waals surface area contributed by atoms with E-state index in [1.54, 1.807) is 0 Å². The first-order valence-electron chi connectivity index (χ1n) is 9.42. The third-order valence-electron chi connectivity index (χ3n) is 5.20. The van der Waals surface area contributed by atoms with Crippen LogP contribution in [0, 0.1) is 0 Å². The molecule has 0 aromatic heterocycles. The van der Waals surface area contributed by atoms with Crippen LogP contribution in [0.25, 0.3) is 0 Å². The molecule has 5 nitrogen and oxygen atoms in total. The molecule has 4 rings (SSSR count). The zero-order chi connectivity index (χ0) is 18.6. The monoisotopic (exact) mass is 388 g/mol. The largest absolute Gasteiger partial charge is 0.457 e. The first-order chi connectivity index (χ1) is 13.2. The maximum Gasteiger partial charge on any atom is 0.127 e. The van der Waals surface area contributed by atoms with Crippen molar-refractivity contribution in [3.8, 4) is 11.5 Å². The summed E-state index contributed by atoms with van der Waals surface area (Å²) in [6, 6.07) is 15.7. The Morgan fingerprint density at radius 2 is 1.81 bits per heavy atom. The lowest BCUT2D eigenvalue weighted by molar-refractivity contribution is -0.00618. The van der Waals surface area contributed by atoms with Gasteiger partial charge in [0.05, 0.1) is 19.3 Å². The van der Waals surface area contributed by atoms with Crippen molar-refractivity contribution in [3.05, 3.63) is 59.1 Å². The summed E-state index contributed by atoms with van der Waals surface area (Å²) in [5.74, 6) is 1.57. The Morgan fingerprint density at radius 3 is 2.59 bits per heavy atom. The van der Waals surface area contributed by atoms with Gasteiger partial charge in [0, 0.05) is 43.8 Å². The molecule has 2 fully saturated rings. The van der Waals surface area contributed by atoms with Crippen LogP contribution < -0.4 is 4.74 Å². The number of rotatable bonds is 5. The molecule has 1 N–H and O–H groups in total. The van der Waals surface area contributed by atoms with Gasteiger partial charge < -0.3 is 14.6 Å². The molecule has 6 heteroatoms. The van der Waals surface area contributed by atoms with Crippen molar-refractivity contribution >= 4 is 11.6 Å². The Hall–Kier alpha value is -1.63. The molecule has 2 heterocycles. The van der Waals surface area contributed by atoms with Crippen LogP contribution in [0.1, 0.15) is 5.56 Å². The topological polar surface area (TPSA) is 45.2 Å². The summed E-state index contributed by atoms with van der Waals surface area (Å²) in [6.07, 6.45) is -0.309. The summed E-state index contributed by atoms with van der Waals surface area (Å²) < 4.78 is 11.4. The summed E-state index contributed by atoms with van der Waals surface area (Å²) in [4.78, 5) is 4.67. The Balaban J connectivity index is 1.37. The van der Waals surface area contributed by atoms with Gasteiger partial charge in [-0.25, -0.2) is 0 Å². The highest BCUT2D eigenvalue weighted by Crippen LogP contribution is 2.25. The number of aliphatic hydroxyl groups is 1. The molecule has 2 saturated heterocycles. The molecule has 0 unspecified atom stereocenters. The van der Waals surface area contributed by atoms with Gasteiger partial charge in [0.2, 0.25) is 0 Å². The van der Waals surface area contributed by atoms with Crippen molar-refractivity contribution < 1.29 is 14.6 Å². The van der Waals surface area contributed by atoms with Gasteiger partial charge in [0.25, 0.3) is 0 Å². The summed E-state index contributed by atoms with van der Waals surface area (Å²) >= 11 is 5.92. The van der Waals surface area contributed by atoms with Crippen LogP contribution in [0.15, 0.2) is 48.5 Å². The van der Waals surface area contributed by atoms with Crippen molar-refractivity contribution in [2.75, 3.05) is 39.4 Å². The second kappa shape index (κ2) is 8.59. The first kappa shape index (κ1) is 18.7. The number of hydrogen-bond donors (Lipinski definition) is 1. The number of hydrogen-bond acceptors (Lipinski definition) is 5. The third kappa shape index (κ3) is 4.81. The molecule has 0 amide bonds. The van der Waals surface area contributed by atoms with Crippen LogP contribution in [0.3, 0.4) is 0 Å². The SMILES string of the molecule is O[C@H]1CN(Cc2cccc(Oc3ccc(Cl)cc3)c2)C[C@@H]1N1CCOCC1. The molecule has 2 aromatic rings. The van der Waals surface area contributed by atoms with E-state index in [1.165, 1.54) is 5.56 Å². The number of halogens is 1. The lowest BCUT2D eigenvalue weighted by atomic mass is 10.1. The second-order valence-electron chi connectivity index (χ2n) is 7.18. The van der Waals surface area contributed by atoms with Crippen LogP contribution in [0.5, 0.6) is 11.5 Å². The fourth-order valence-corrected chi connectivity index (χ4v) is 3.97. The molecule has 2 aromatic carbocycles. The normalized spacial score (nSPS) is 24.2. The molecule has 27 heavy (non-hydrogen) atoms. The van der Waals surface area contributed by atoms with E-state index in [1.807, 2.05) is 36.4 Å². The molecule has 0 aliphatic carbocycles. The number of ether oxygens (including phenoxy) is 2. The molecule has 2 aliphatic heterocycles. The predicted octanol–water partition coefficient (Wildman–Crippen LogP) is 3.01. The van der Waals surface area contributed by atoms with E-state index in [9.17, 15) is 5.11 Å². The summed E-state index contributed by atoms with van der Waals surface area (Å²) in [5, 5.41) is 11.2. The maximum atomic E-state index is 10.5.